The molecule has 6 heteroatoms. The van der Waals surface area contributed by atoms with Crippen molar-refractivity contribution in [3.05, 3.63) is 40.5 Å². The van der Waals surface area contributed by atoms with E-state index in [2.05, 4.69) is 0 Å². The van der Waals surface area contributed by atoms with Crippen LogP contribution in [0.2, 0.25) is 0 Å². The van der Waals surface area contributed by atoms with E-state index in [1.54, 1.807) is 14.0 Å². The first-order valence-corrected chi connectivity index (χ1v) is 9.22. The minimum absolute atomic E-state index is 0.205. The van der Waals surface area contributed by atoms with Gasteiger partial charge in [0.15, 0.2) is 17.1 Å². The van der Waals surface area contributed by atoms with Gasteiger partial charge in [-0.2, -0.15) is 0 Å². The molecule has 0 amide bonds. The molecular formula is C20H20O5S. The Bertz CT molecular complexity index is 1020. The van der Waals surface area contributed by atoms with Crippen molar-refractivity contribution in [2.45, 2.75) is 27.2 Å². The highest BCUT2D eigenvalue weighted by molar-refractivity contribution is 7.21. The zero-order valence-electron chi connectivity index (χ0n) is 15.2. The van der Waals surface area contributed by atoms with Crippen LogP contribution in [0.15, 0.2) is 34.3 Å². The second-order valence-corrected chi connectivity index (χ2v) is 6.89. The van der Waals surface area contributed by atoms with Gasteiger partial charge in [-0.1, -0.05) is 6.92 Å². The number of methoxy groups -OCH3 is 1. The number of carbonyl (C=O) groups excluding carboxylic acids is 2. The topological polar surface area (TPSA) is 65.7 Å². The van der Waals surface area contributed by atoms with E-state index in [1.807, 2.05) is 32.0 Å². The maximum atomic E-state index is 12.7. The van der Waals surface area contributed by atoms with Crippen molar-refractivity contribution in [3.8, 4) is 5.75 Å². The van der Waals surface area contributed by atoms with Crippen LogP contribution in [-0.2, 0) is 9.53 Å². The van der Waals surface area contributed by atoms with Gasteiger partial charge in [0, 0.05) is 27.1 Å². The molecule has 136 valence electrons. The summed E-state index contributed by atoms with van der Waals surface area (Å²) in [5.41, 5.74) is 1.04. The highest BCUT2D eigenvalue weighted by Crippen LogP contribution is 2.39. The second kappa shape index (κ2) is 7.33. The van der Waals surface area contributed by atoms with Crippen molar-refractivity contribution in [2.24, 2.45) is 0 Å². The number of hydrogen-bond donors (Lipinski definition) is 0. The Kier molecular flexibility index (Phi) is 5.13. The molecule has 0 aliphatic rings. The molecule has 0 saturated carbocycles. The third-order valence-electron chi connectivity index (χ3n) is 4.08. The summed E-state index contributed by atoms with van der Waals surface area (Å²) in [4.78, 5) is 25.1. The molecule has 3 aromatic rings. The number of esters is 1. The number of allylic oxidation sites excluding steroid dienone is 1. The molecule has 0 fully saturated rings. The van der Waals surface area contributed by atoms with Crippen LogP contribution in [-0.4, -0.2) is 25.5 Å². The molecule has 0 aliphatic heterocycles. The first-order chi connectivity index (χ1) is 12.5. The van der Waals surface area contributed by atoms with Crippen LogP contribution in [0, 0.1) is 6.92 Å². The van der Waals surface area contributed by atoms with E-state index < -0.39 is 5.97 Å². The molecule has 0 atom stereocenters. The molecule has 0 saturated heterocycles. The van der Waals surface area contributed by atoms with E-state index in [0.717, 1.165) is 21.2 Å². The van der Waals surface area contributed by atoms with E-state index in [9.17, 15) is 9.59 Å². The number of ketones is 1. The summed E-state index contributed by atoms with van der Waals surface area (Å²) in [6.07, 6.45) is 1.81. The number of furan rings is 1. The standard InChI is InChI=1S/C20H20O5S/c1-5-12(20(22)24-6-2)8-15(21)18-9-13-14-7-11(3)25-19(14)16(23-4)10-17(13)26-18/h7-10H,5-6H2,1-4H3/b12-8+. The first kappa shape index (κ1) is 18.2. The van der Waals surface area contributed by atoms with Crippen LogP contribution < -0.4 is 4.74 Å². The lowest BCUT2D eigenvalue weighted by Crippen LogP contribution is -2.08. The van der Waals surface area contributed by atoms with E-state index in [4.69, 9.17) is 13.9 Å². The summed E-state index contributed by atoms with van der Waals surface area (Å²) in [5.74, 6) is 0.764. The van der Waals surface area contributed by atoms with Crippen LogP contribution in [0.5, 0.6) is 5.75 Å². The number of thiophene rings is 1. The van der Waals surface area contributed by atoms with Gasteiger partial charge in [-0.25, -0.2) is 4.79 Å². The maximum Gasteiger partial charge on any atom is 0.334 e. The smallest absolute Gasteiger partial charge is 0.334 e. The fourth-order valence-corrected chi connectivity index (χ4v) is 3.85. The Hall–Kier alpha value is -2.60. The monoisotopic (exact) mass is 372 g/mol. The Balaban J connectivity index is 2.07. The number of benzene rings is 1. The average molecular weight is 372 g/mol. The SMILES string of the molecule is CCOC(=O)/C(=C/C(=O)c1cc2c(cc(OC)c3oc(C)cc32)s1)CC. The van der Waals surface area contributed by atoms with Gasteiger partial charge in [-0.3, -0.25) is 4.79 Å². The first-order valence-electron chi connectivity index (χ1n) is 8.41. The van der Waals surface area contributed by atoms with Gasteiger partial charge in [0.25, 0.3) is 0 Å². The fourth-order valence-electron chi connectivity index (χ4n) is 2.84. The molecular weight excluding hydrogens is 352 g/mol. The van der Waals surface area contributed by atoms with E-state index in [1.165, 1.54) is 17.4 Å². The van der Waals surface area contributed by atoms with Gasteiger partial charge >= 0.3 is 5.97 Å². The average Bonchev–Trinajstić information content (AvgIpc) is 3.21. The molecule has 1 aromatic carbocycles. The summed E-state index contributed by atoms with van der Waals surface area (Å²) in [6, 6.07) is 5.65. The number of fused-ring (bicyclic) bond motifs is 3. The summed E-state index contributed by atoms with van der Waals surface area (Å²) in [6.45, 7) is 5.72. The lowest BCUT2D eigenvalue weighted by atomic mass is 10.1. The highest BCUT2D eigenvalue weighted by atomic mass is 32.1. The number of carbonyl (C=O) groups is 2. The molecule has 26 heavy (non-hydrogen) atoms. The minimum Gasteiger partial charge on any atom is -0.493 e. The molecule has 0 radical (unpaired) electrons. The molecule has 0 unspecified atom stereocenters. The zero-order chi connectivity index (χ0) is 18.8. The predicted molar refractivity (Wildman–Crippen MR) is 102 cm³/mol. The van der Waals surface area contributed by atoms with Gasteiger partial charge in [0.1, 0.15) is 5.76 Å². The van der Waals surface area contributed by atoms with Gasteiger partial charge in [0.05, 0.1) is 18.6 Å². The number of hydrogen-bond acceptors (Lipinski definition) is 6. The Morgan fingerprint density at radius 2 is 1.96 bits per heavy atom. The van der Waals surface area contributed by atoms with Gasteiger partial charge in [0.2, 0.25) is 0 Å². The van der Waals surface area contributed by atoms with Crippen molar-refractivity contribution in [3.63, 3.8) is 0 Å². The van der Waals surface area contributed by atoms with Gasteiger partial charge in [-0.15, -0.1) is 11.3 Å². The van der Waals surface area contributed by atoms with Crippen molar-refractivity contribution in [1.29, 1.82) is 0 Å². The van der Waals surface area contributed by atoms with Crippen molar-refractivity contribution in [2.75, 3.05) is 13.7 Å². The normalized spacial score (nSPS) is 11.9. The van der Waals surface area contributed by atoms with Crippen molar-refractivity contribution in [1.82, 2.24) is 0 Å². The lowest BCUT2D eigenvalue weighted by molar-refractivity contribution is -0.138. The third kappa shape index (κ3) is 3.24. The summed E-state index contributed by atoms with van der Waals surface area (Å²) < 4.78 is 17.1. The second-order valence-electron chi connectivity index (χ2n) is 5.81. The molecule has 0 aliphatic carbocycles. The van der Waals surface area contributed by atoms with Crippen molar-refractivity contribution >= 4 is 44.1 Å². The fraction of sp³-hybridized carbons (Fsp3) is 0.300. The van der Waals surface area contributed by atoms with Crippen LogP contribution in [0.25, 0.3) is 21.1 Å². The number of aryl methyl sites for hydroxylation is 1. The molecule has 2 aromatic heterocycles. The van der Waals surface area contributed by atoms with E-state index in [0.29, 0.717) is 28.2 Å². The van der Waals surface area contributed by atoms with Crippen LogP contribution >= 0.6 is 11.3 Å². The molecule has 2 heterocycles. The van der Waals surface area contributed by atoms with E-state index in [-0.39, 0.29) is 12.4 Å². The van der Waals surface area contributed by atoms with Crippen LogP contribution in [0.4, 0.5) is 0 Å². The third-order valence-corrected chi connectivity index (χ3v) is 5.18. The maximum absolute atomic E-state index is 12.7. The lowest BCUT2D eigenvalue weighted by Gasteiger charge is -2.03. The summed E-state index contributed by atoms with van der Waals surface area (Å²) in [7, 11) is 1.59. The minimum atomic E-state index is -0.445. The van der Waals surface area contributed by atoms with Crippen LogP contribution in [0.3, 0.4) is 0 Å². The Morgan fingerprint density at radius 1 is 1.19 bits per heavy atom. The summed E-state index contributed by atoms with van der Waals surface area (Å²) >= 11 is 1.37. The predicted octanol–water partition coefficient (Wildman–Crippen LogP) is 5.05. The molecule has 5 nitrogen and oxygen atoms in total. The molecule has 0 spiro atoms. The highest BCUT2D eigenvalue weighted by Gasteiger charge is 2.18. The number of ether oxygens (including phenoxy) is 2. The molecule has 3 rings (SSSR count). The quantitative estimate of drug-likeness (QED) is 0.344. The van der Waals surface area contributed by atoms with Crippen LogP contribution in [0.1, 0.15) is 35.7 Å². The summed E-state index contributed by atoms with van der Waals surface area (Å²) in [5, 5.41) is 1.85. The molecule has 0 N–H and O–H groups in total. The zero-order valence-corrected chi connectivity index (χ0v) is 16.0. The van der Waals surface area contributed by atoms with Gasteiger partial charge in [-0.05, 0) is 38.5 Å². The Labute approximate surface area is 155 Å². The Morgan fingerprint density at radius 3 is 2.62 bits per heavy atom. The van der Waals surface area contributed by atoms with Gasteiger partial charge < -0.3 is 13.9 Å². The number of rotatable bonds is 6. The largest absolute Gasteiger partial charge is 0.493 e. The molecule has 0 bridgehead atoms. The van der Waals surface area contributed by atoms with Crippen molar-refractivity contribution < 1.29 is 23.5 Å². The van der Waals surface area contributed by atoms with E-state index >= 15 is 0 Å².